The smallest absolute Gasteiger partial charge is 0.329 e. The van der Waals surface area contributed by atoms with Crippen molar-refractivity contribution in [2.24, 2.45) is 0 Å². The summed E-state index contributed by atoms with van der Waals surface area (Å²) in [4.78, 5) is 12.9. The first kappa shape index (κ1) is 15.0. The molecule has 1 heterocycles. The van der Waals surface area contributed by atoms with Crippen molar-refractivity contribution in [1.29, 1.82) is 0 Å². The summed E-state index contributed by atoms with van der Waals surface area (Å²) in [6.45, 7) is 9.72. The predicted molar refractivity (Wildman–Crippen MR) is 77.9 cm³/mol. The van der Waals surface area contributed by atoms with Gasteiger partial charge in [0.25, 0.3) is 0 Å². The van der Waals surface area contributed by atoms with Crippen LogP contribution in [0.4, 0.5) is 0 Å². The van der Waals surface area contributed by atoms with Gasteiger partial charge in [-0.25, -0.2) is 4.79 Å². The molecule has 4 nitrogen and oxygen atoms in total. The molecule has 1 aliphatic heterocycles. The normalized spacial score (nSPS) is 19.4. The van der Waals surface area contributed by atoms with E-state index in [9.17, 15) is 4.79 Å². The SMILES string of the molecule is Cc1ccc(C(C)N2CC(C)(OCC(=O)O)C2)c(C)c1. The third kappa shape index (κ3) is 3.19. The summed E-state index contributed by atoms with van der Waals surface area (Å²) in [5, 5.41) is 8.67. The van der Waals surface area contributed by atoms with Gasteiger partial charge in [0, 0.05) is 19.1 Å². The molecule has 1 fully saturated rings. The van der Waals surface area contributed by atoms with Gasteiger partial charge in [-0.05, 0) is 38.8 Å². The lowest BCUT2D eigenvalue weighted by Gasteiger charge is -2.50. The molecule has 0 bridgehead atoms. The molecular weight excluding hydrogens is 254 g/mol. The lowest BCUT2D eigenvalue weighted by molar-refractivity contribution is -0.169. The van der Waals surface area contributed by atoms with Crippen LogP contribution in [0.2, 0.25) is 0 Å². The largest absolute Gasteiger partial charge is 0.480 e. The van der Waals surface area contributed by atoms with E-state index >= 15 is 0 Å². The van der Waals surface area contributed by atoms with E-state index in [1.807, 2.05) is 6.92 Å². The highest BCUT2D eigenvalue weighted by Crippen LogP contribution is 2.34. The first-order chi connectivity index (χ1) is 9.31. The number of carboxylic acid groups (broad SMARTS) is 1. The van der Waals surface area contributed by atoms with E-state index in [1.54, 1.807) is 0 Å². The van der Waals surface area contributed by atoms with Crippen molar-refractivity contribution in [1.82, 2.24) is 4.90 Å². The number of carbonyl (C=O) groups is 1. The molecule has 1 N–H and O–H groups in total. The summed E-state index contributed by atoms with van der Waals surface area (Å²) in [7, 11) is 0. The number of carboxylic acids is 1. The highest BCUT2D eigenvalue weighted by atomic mass is 16.5. The van der Waals surface area contributed by atoms with Gasteiger partial charge in [0.05, 0.1) is 5.60 Å². The Morgan fingerprint density at radius 1 is 1.45 bits per heavy atom. The minimum Gasteiger partial charge on any atom is -0.480 e. The molecule has 1 aromatic carbocycles. The second-order valence-electron chi connectivity index (χ2n) is 6.07. The van der Waals surface area contributed by atoms with Crippen molar-refractivity contribution < 1.29 is 14.6 Å². The maximum atomic E-state index is 10.6. The molecule has 1 unspecified atom stereocenters. The molecule has 1 saturated heterocycles. The van der Waals surface area contributed by atoms with Crippen molar-refractivity contribution in [3.8, 4) is 0 Å². The molecule has 110 valence electrons. The fraction of sp³-hybridized carbons (Fsp3) is 0.562. The van der Waals surface area contributed by atoms with Crippen LogP contribution in [0.5, 0.6) is 0 Å². The van der Waals surface area contributed by atoms with Gasteiger partial charge in [0.15, 0.2) is 0 Å². The van der Waals surface area contributed by atoms with Crippen molar-refractivity contribution in [3.05, 3.63) is 34.9 Å². The summed E-state index contributed by atoms with van der Waals surface area (Å²) in [5.74, 6) is -0.910. The summed E-state index contributed by atoms with van der Waals surface area (Å²) >= 11 is 0. The van der Waals surface area contributed by atoms with Gasteiger partial charge in [-0.2, -0.15) is 0 Å². The van der Waals surface area contributed by atoms with E-state index < -0.39 is 5.97 Å². The number of hydrogen-bond acceptors (Lipinski definition) is 3. The van der Waals surface area contributed by atoms with Crippen molar-refractivity contribution >= 4 is 5.97 Å². The molecule has 0 aliphatic carbocycles. The van der Waals surface area contributed by atoms with Crippen molar-refractivity contribution in [2.75, 3.05) is 19.7 Å². The number of aliphatic carboxylic acids is 1. The van der Waals surface area contributed by atoms with E-state index in [1.165, 1.54) is 16.7 Å². The van der Waals surface area contributed by atoms with Crippen LogP contribution < -0.4 is 0 Å². The van der Waals surface area contributed by atoms with Gasteiger partial charge in [-0.15, -0.1) is 0 Å². The Labute approximate surface area is 120 Å². The average molecular weight is 277 g/mol. The molecule has 0 aromatic heterocycles. The van der Waals surface area contributed by atoms with E-state index in [0.29, 0.717) is 6.04 Å². The van der Waals surface area contributed by atoms with Gasteiger partial charge in [0.1, 0.15) is 6.61 Å². The fourth-order valence-electron chi connectivity index (χ4n) is 2.91. The minimum atomic E-state index is -0.910. The first-order valence-corrected chi connectivity index (χ1v) is 6.98. The van der Waals surface area contributed by atoms with Crippen LogP contribution in [0, 0.1) is 13.8 Å². The highest BCUT2D eigenvalue weighted by molar-refractivity contribution is 5.68. The maximum absolute atomic E-state index is 10.6. The Bertz CT molecular complexity index is 506. The summed E-state index contributed by atoms with van der Waals surface area (Å²) in [5.41, 5.74) is 3.58. The Morgan fingerprint density at radius 3 is 2.65 bits per heavy atom. The van der Waals surface area contributed by atoms with Crippen LogP contribution in [0.25, 0.3) is 0 Å². The number of nitrogens with zero attached hydrogens (tertiary/aromatic N) is 1. The van der Waals surface area contributed by atoms with Gasteiger partial charge in [-0.3, -0.25) is 4.90 Å². The second-order valence-corrected chi connectivity index (χ2v) is 6.07. The van der Waals surface area contributed by atoms with Crippen LogP contribution in [-0.4, -0.2) is 41.3 Å². The number of hydrogen-bond donors (Lipinski definition) is 1. The Hall–Kier alpha value is -1.39. The number of rotatable bonds is 5. The number of likely N-dealkylation sites (tertiary alicyclic amines) is 1. The number of ether oxygens (including phenoxy) is 1. The van der Waals surface area contributed by atoms with E-state index in [4.69, 9.17) is 9.84 Å². The topological polar surface area (TPSA) is 49.8 Å². The highest BCUT2D eigenvalue weighted by Gasteiger charge is 2.42. The summed E-state index contributed by atoms with van der Waals surface area (Å²) in [6.07, 6.45) is 0. The monoisotopic (exact) mass is 277 g/mol. The molecule has 0 spiro atoms. The van der Waals surface area contributed by atoms with Crippen molar-refractivity contribution in [2.45, 2.75) is 39.3 Å². The number of aryl methyl sites for hydroxylation is 2. The van der Waals surface area contributed by atoms with Gasteiger partial charge in [0.2, 0.25) is 0 Å². The van der Waals surface area contributed by atoms with E-state index in [0.717, 1.165) is 13.1 Å². The molecule has 4 heteroatoms. The lowest BCUT2D eigenvalue weighted by Crippen LogP contribution is -2.62. The zero-order valence-corrected chi connectivity index (χ0v) is 12.6. The summed E-state index contributed by atoms with van der Waals surface area (Å²) in [6, 6.07) is 6.85. The predicted octanol–water partition coefficient (Wildman–Crippen LogP) is 2.54. The second kappa shape index (κ2) is 5.54. The molecule has 0 amide bonds. The molecule has 2 rings (SSSR count). The summed E-state index contributed by atoms with van der Waals surface area (Å²) < 4.78 is 5.45. The Morgan fingerprint density at radius 2 is 2.10 bits per heavy atom. The molecule has 0 radical (unpaired) electrons. The first-order valence-electron chi connectivity index (χ1n) is 6.98. The van der Waals surface area contributed by atoms with E-state index in [2.05, 4.69) is 43.9 Å². The Balaban J connectivity index is 1.96. The molecule has 1 atom stereocenters. The number of benzene rings is 1. The van der Waals surface area contributed by atoms with Gasteiger partial charge >= 0.3 is 5.97 Å². The molecule has 0 saturated carbocycles. The van der Waals surface area contributed by atoms with Crippen LogP contribution in [0.15, 0.2) is 18.2 Å². The zero-order valence-electron chi connectivity index (χ0n) is 12.6. The van der Waals surface area contributed by atoms with Crippen LogP contribution in [-0.2, 0) is 9.53 Å². The maximum Gasteiger partial charge on any atom is 0.329 e. The van der Waals surface area contributed by atoms with Crippen LogP contribution in [0.1, 0.15) is 36.6 Å². The quantitative estimate of drug-likeness (QED) is 0.898. The fourth-order valence-corrected chi connectivity index (χ4v) is 2.91. The molecular formula is C16H23NO3. The van der Waals surface area contributed by atoms with Gasteiger partial charge < -0.3 is 9.84 Å². The minimum absolute atomic E-state index is 0.220. The van der Waals surface area contributed by atoms with Crippen LogP contribution in [0.3, 0.4) is 0 Å². The molecule has 20 heavy (non-hydrogen) atoms. The average Bonchev–Trinajstić information content (AvgIpc) is 2.32. The third-order valence-corrected chi connectivity index (χ3v) is 4.04. The van der Waals surface area contributed by atoms with Crippen LogP contribution >= 0.6 is 0 Å². The van der Waals surface area contributed by atoms with Crippen molar-refractivity contribution in [3.63, 3.8) is 0 Å². The van der Waals surface area contributed by atoms with E-state index in [-0.39, 0.29) is 12.2 Å². The van der Waals surface area contributed by atoms with Gasteiger partial charge in [-0.1, -0.05) is 23.8 Å². The Kier molecular flexibility index (Phi) is 4.16. The third-order valence-electron chi connectivity index (χ3n) is 4.04. The standard InChI is InChI=1S/C16H23NO3/c1-11-5-6-14(12(2)7-11)13(3)17-9-16(4,10-17)20-8-15(18)19/h5-7,13H,8-10H2,1-4H3,(H,18,19). The zero-order chi connectivity index (χ0) is 14.9. The molecule has 1 aliphatic rings. The molecule has 1 aromatic rings. The lowest BCUT2D eigenvalue weighted by atomic mass is 9.90.